The van der Waals surface area contributed by atoms with E-state index in [1.165, 1.54) is 48.6 Å². The molecule has 0 aliphatic heterocycles. The minimum absolute atomic E-state index is 0.115. The molecule has 26 heavy (non-hydrogen) atoms. The van der Waals surface area contributed by atoms with E-state index in [1.807, 2.05) is 24.3 Å². The van der Waals surface area contributed by atoms with Crippen LogP contribution in [0.4, 0.5) is 0 Å². The van der Waals surface area contributed by atoms with E-state index >= 15 is 0 Å². The number of hydrogen-bond acceptors (Lipinski definition) is 8. The molecule has 1 amide bonds. The summed E-state index contributed by atoms with van der Waals surface area (Å²) in [7, 11) is 1.37. The summed E-state index contributed by atoms with van der Waals surface area (Å²) in [6.07, 6.45) is 1.35. The van der Waals surface area contributed by atoms with Crippen LogP contribution in [0.1, 0.15) is 5.56 Å². The molecule has 7 nitrogen and oxygen atoms in total. The average Bonchev–Trinajstić information content (AvgIpc) is 3.05. The number of para-hydroxylation sites is 1. The summed E-state index contributed by atoms with van der Waals surface area (Å²) in [6, 6.07) is 10.6. The van der Waals surface area contributed by atoms with Crippen LogP contribution in [-0.4, -0.2) is 40.2 Å². The van der Waals surface area contributed by atoms with E-state index in [2.05, 4.69) is 15.5 Å². The number of aromatic nitrogens is 1. The van der Waals surface area contributed by atoms with Crippen LogP contribution in [0.3, 0.4) is 0 Å². The Kier molecular flexibility index (Phi) is 5.59. The van der Waals surface area contributed by atoms with Gasteiger partial charge in [0.25, 0.3) is 5.91 Å². The van der Waals surface area contributed by atoms with Gasteiger partial charge in [-0.15, -0.1) is 11.3 Å². The van der Waals surface area contributed by atoms with Gasteiger partial charge in [0.05, 0.1) is 29.3 Å². The van der Waals surface area contributed by atoms with Crippen molar-refractivity contribution in [3.05, 3.63) is 42.0 Å². The molecule has 0 atom stereocenters. The molecule has 134 valence electrons. The van der Waals surface area contributed by atoms with E-state index in [4.69, 9.17) is 4.74 Å². The van der Waals surface area contributed by atoms with Gasteiger partial charge in [0.2, 0.25) is 5.75 Å². The highest BCUT2D eigenvalue weighted by atomic mass is 32.2. The van der Waals surface area contributed by atoms with Gasteiger partial charge in [0.15, 0.2) is 15.8 Å². The highest BCUT2D eigenvalue weighted by Crippen LogP contribution is 2.35. The van der Waals surface area contributed by atoms with Crippen molar-refractivity contribution in [2.75, 3.05) is 12.9 Å². The van der Waals surface area contributed by atoms with Gasteiger partial charge in [0.1, 0.15) is 0 Å². The summed E-state index contributed by atoms with van der Waals surface area (Å²) in [4.78, 5) is 16.3. The molecule has 0 spiro atoms. The molecule has 0 radical (unpaired) electrons. The number of benzene rings is 2. The van der Waals surface area contributed by atoms with Gasteiger partial charge < -0.3 is 14.9 Å². The Balaban J connectivity index is 1.55. The number of hydrogen-bond donors (Lipinski definition) is 3. The van der Waals surface area contributed by atoms with Crippen LogP contribution >= 0.6 is 23.1 Å². The van der Waals surface area contributed by atoms with Crippen LogP contribution in [0.2, 0.25) is 0 Å². The van der Waals surface area contributed by atoms with E-state index in [1.54, 1.807) is 0 Å². The molecule has 0 bridgehead atoms. The highest BCUT2D eigenvalue weighted by molar-refractivity contribution is 8.01. The first kappa shape index (κ1) is 18.0. The second-order valence-electron chi connectivity index (χ2n) is 5.12. The fourth-order valence-corrected chi connectivity index (χ4v) is 3.96. The minimum Gasteiger partial charge on any atom is -0.504 e. The lowest BCUT2D eigenvalue weighted by atomic mass is 10.2. The number of nitrogens with one attached hydrogen (secondary N) is 1. The van der Waals surface area contributed by atoms with Crippen molar-refractivity contribution in [1.82, 2.24) is 10.4 Å². The highest BCUT2D eigenvalue weighted by Gasteiger charge is 2.09. The fraction of sp³-hybridized carbons (Fsp3) is 0.118. The molecule has 0 saturated heterocycles. The normalized spacial score (nSPS) is 11.1. The molecule has 0 unspecified atom stereocenters. The predicted octanol–water partition coefficient (Wildman–Crippen LogP) is 2.96. The van der Waals surface area contributed by atoms with Gasteiger partial charge in [-0.2, -0.15) is 5.10 Å². The second-order valence-corrected chi connectivity index (χ2v) is 7.37. The maximum absolute atomic E-state index is 11.9. The Labute approximate surface area is 157 Å². The lowest BCUT2D eigenvalue weighted by Crippen LogP contribution is -2.19. The summed E-state index contributed by atoms with van der Waals surface area (Å²) in [5.41, 5.74) is 3.79. The zero-order valence-electron chi connectivity index (χ0n) is 13.7. The number of thiazole rings is 1. The van der Waals surface area contributed by atoms with Gasteiger partial charge in [-0.1, -0.05) is 23.9 Å². The number of ether oxygens (including phenoxy) is 1. The quantitative estimate of drug-likeness (QED) is 0.259. The van der Waals surface area contributed by atoms with Crippen molar-refractivity contribution in [2.45, 2.75) is 4.34 Å². The van der Waals surface area contributed by atoms with Gasteiger partial charge in [-0.05, 0) is 24.3 Å². The molecule has 1 heterocycles. The van der Waals surface area contributed by atoms with E-state index in [9.17, 15) is 15.0 Å². The molecular formula is C17H15N3O4S2. The second kappa shape index (κ2) is 8.07. The monoisotopic (exact) mass is 389 g/mol. The van der Waals surface area contributed by atoms with Gasteiger partial charge >= 0.3 is 0 Å². The van der Waals surface area contributed by atoms with Crippen LogP contribution in [0.5, 0.6) is 17.2 Å². The number of nitrogens with zero attached hydrogens (tertiary/aromatic N) is 2. The molecule has 2 aromatic carbocycles. The van der Waals surface area contributed by atoms with Crippen LogP contribution in [-0.2, 0) is 4.79 Å². The summed E-state index contributed by atoms with van der Waals surface area (Å²) in [5.74, 6) is -0.657. The SMILES string of the molecule is COc1cc(/C=N/NC(=O)CSc2nc3ccccc3s2)cc(O)c1O. The number of thioether (sulfide) groups is 1. The summed E-state index contributed by atoms with van der Waals surface area (Å²) in [6.45, 7) is 0. The van der Waals surface area contributed by atoms with Gasteiger partial charge in [-0.25, -0.2) is 10.4 Å². The van der Waals surface area contributed by atoms with Crippen LogP contribution in [0.25, 0.3) is 10.2 Å². The van der Waals surface area contributed by atoms with Crippen LogP contribution in [0, 0.1) is 0 Å². The third kappa shape index (κ3) is 4.24. The molecule has 1 aromatic heterocycles. The number of aromatic hydroxyl groups is 2. The third-order valence-electron chi connectivity index (χ3n) is 3.30. The molecule has 0 aliphatic rings. The largest absolute Gasteiger partial charge is 0.504 e. The minimum atomic E-state index is -0.346. The van der Waals surface area contributed by atoms with E-state index in [0.29, 0.717) is 5.56 Å². The van der Waals surface area contributed by atoms with Crippen molar-refractivity contribution in [1.29, 1.82) is 0 Å². The smallest absolute Gasteiger partial charge is 0.250 e. The number of rotatable bonds is 6. The Morgan fingerprint density at radius 3 is 2.96 bits per heavy atom. The standard InChI is InChI=1S/C17H15N3O4S2/c1-24-13-7-10(6-12(21)16(13)23)8-18-20-15(22)9-25-17-19-11-4-2-3-5-14(11)26-17/h2-8,21,23H,9H2,1H3,(H,20,22)/b18-8+. The van der Waals surface area contributed by atoms with Gasteiger partial charge in [0, 0.05) is 5.56 Å². The topological polar surface area (TPSA) is 104 Å². The maximum Gasteiger partial charge on any atom is 0.250 e. The molecular weight excluding hydrogens is 374 g/mol. The molecule has 0 fully saturated rings. The average molecular weight is 389 g/mol. The zero-order valence-corrected chi connectivity index (χ0v) is 15.3. The first-order chi connectivity index (χ1) is 12.6. The van der Waals surface area contributed by atoms with Crippen molar-refractivity contribution >= 4 is 45.4 Å². The Hall–Kier alpha value is -2.78. The molecule has 3 aromatic rings. The number of amides is 1. The lowest BCUT2D eigenvalue weighted by Gasteiger charge is -2.06. The molecule has 3 N–H and O–H groups in total. The summed E-state index contributed by atoms with van der Waals surface area (Å²) in [5, 5.41) is 23.0. The lowest BCUT2D eigenvalue weighted by molar-refractivity contribution is -0.118. The van der Waals surface area contributed by atoms with Crippen molar-refractivity contribution in [3.8, 4) is 17.2 Å². The van der Waals surface area contributed by atoms with E-state index in [0.717, 1.165) is 14.6 Å². The Morgan fingerprint density at radius 2 is 2.19 bits per heavy atom. The first-order valence-electron chi connectivity index (χ1n) is 7.47. The zero-order chi connectivity index (χ0) is 18.5. The first-order valence-corrected chi connectivity index (χ1v) is 9.27. The molecule has 9 heteroatoms. The number of phenols is 2. The van der Waals surface area contributed by atoms with Crippen molar-refractivity contribution < 1.29 is 19.7 Å². The number of fused-ring (bicyclic) bond motifs is 1. The number of phenolic OH excluding ortho intramolecular Hbond substituents is 2. The Bertz CT molecular complexity index is 939. The van der Waals surface area contributed by atoms with Crippen molar-refractivity contribution in [2.24, 2.45) is 5.10 Å². The molecule has 0 aliphatic carbocycles. The van der Waals surface area contributed by atoms with E-state index < -0.39 is 0 Å². The van der Waals surface area contributed by atoms with Crippen LogP contribution in [0.15, 0.2) is 45.8 Å². The summed E-state index contributed by atoms with van der Waals surface area (Å²) < 4.78 is 6.83. The number of carbonyl (C=O) groups is 1. The summed E-state index contributed by atoms with van der Waals surface area (Å²) >= 11 is 2.87. The van der Waals surface area contributed by atoms with Crippen molar-refractivity contribution in [3.63, 3.8) is 0 Å². The predicted molar refractivity (Wildman–Crippen MR) is 102 cm³/mol. The van der Waals surface area contributed by atoms with Crippen LogP contribution < -0.4 is 10.2 Å². The third-order valence-corrected chi connectivity index (χ3v) is 5.48. The number of hydrazone groups is 1. The Morgan fingerprint density at radius 1 is 1.38 bits per heavy atom. The van der Waals surface area contributed by atoms with E-state index in [-0.39, 0.29) is 28.9 Å². The number of carbonyl (C=O) groups excluding carboxylic acids is 1. The number of methoxy groups -OCH3 is 1. The fourth-order valence-electron chi connectivity index (χ4n) is 2.10. The maximum atomic E-state index is 11.9. The molecule has 3 rings (SSSR count). The van der Waals surface area contributed by atoms with Gasteiger partial charge in [-0.3, -0.25) is 4.79 Å². The molecule has 0 saturated carbocycles.